The number of ether oxygens (including phenoxy) is 1. The zero-order valence-electron chi connectivity index (χ0n) is 28.2. The first-order valence-electron chi connectivity index (χ1n) is 17.6. The van der Waals surface area contributed by atoms with Crippen molar-refractivity contribution in [3.05, 3.63) is 30.5 Å². The minimum absolute atomic E-state index is 0.0690. The number of para-hydroxylation sites is 1. The fourth-order valence-electron chi connectivity index (χ4n) is 13.3. The van der Waals surface area contributed by atoms with E-state index in [0.29, 0.717) is 23.5 Å². The Morgan fingerprint density at radius 1 is 0.837 bits per heavy atom. The fraction of sp³-hybridized carbons (Fsp3) is 0.769. The molecule has 1 aromatic carbocycles. The van der Waals surface area contributed by atoms with Crippen LogP contribution in [0.1, 0.15) is 120 Å². The largest absolute Gasteiger partial charge is 0.422 e. The molecule has 0 spiro atoms. The lowest BCUT2D eigenvalue weighted by Gasteiger charge is -2.75. The lowest BCUT2D eigenvalue weighted by Crippen LogP contribution is -2.73. The summed E-state index contributed by atoms with van der Waals surface area (Å²) in [6.07, 6.45) is 13.1. The molecule has 0 bridgehead atoms. The normalized spacial score (nSPS) is 48.9. The highest BCUT2D eigenvalue weighted by atomic mass is 16.6. The Labute approximate surface area is 260 Å². The van der Waals surface area contributed by atoms with Gasteiger partial charge in [-0.15, -0.1) is 0 Å². The van der Waals surface area contributed by atoms with Crippen LogP contribution in [0.25, 0.3) is 10.9 Å². The predicted molar refractivity (Wildman–Crippen MR) is 174 cm³/mol. The van der Waals surface area contributed by atoms with E-state index in [2.05, 4.69) is 60.4 Å². The third-order valence-corrected chi connectivity index (χ3v) is 16.2. The van der Waals surface area contributed by atoms with Gasteiger partial charge in [0.2, 0.25) is 0 Å². The number of hydrogen-bond donors (Lipinski definition) is 2. The average molecular weight is 588 g/mol. The summed E-state index contributed by atoms with van der Waals surface area (Å²) in [5, 5.41) is 13.8. The van der Waals surface area contributed by atoms with Crippen LogP contribution in [0.15, 0.2) is 30.5 Å². The Bertz CT molecular complexity index is 1430. The number of hydrogen-bond acceptors (Lipinski definition) is 3. The van der Waals surface area contributed by atoms with Gasteiger partial charge >= 0.3 is 5.97 Å². The van der Waals surface area contributed by atoms with Gasteiger partial charge in [-0.2, -0.15) is 0 Å². The molecule has 1 aromatic heterocycles. The van der Waals surface area contributed by atoms with Crippen molar-refractivity contribution in [2.24, 2.45) is 62.6 Å². The maximum Gasteiger partial charge on any atom is 0.344 e. The maximum absolute atomic E-state index is 14.5. The maximum atomic E-state index is 14.5. The summed E-state index contributed by atoms with van der Waals surface area (Å²) in [7, 11) is 0. The fourth-order valence-corrected chi connectivity index (χ4v) is 13.3. The van der Waals surface area contributed by atoms with Crippen LogP contribution in [-0.2, 0) is 4.79 Å². The number of carbonyl (C=O) groups is 1. The van der Waals surface area contributed by atoms with Crippen LogP contribution >= 0.6 is 0 Å². The summed E-state index contributed by atoms with van der Waals surface area (Å²) in [6.45, 7) is 20.0. The van der Waals surface area contributed by atoms with Gasteiger partial charge in [0.1, 0.15) is 0 Å². The Morgan fingerprint density at radius 3 is 2.35 bits per heavy atom. The molecule has 236 valence electrons. The van der Waals surface area contributed by atoms with Gasteiger partial charge in [-0.3, -0.25) is 0 Å². The number of carbonyl (C=O) groups excluding carboxylic acids is 1. The summed E-state index contributed by atoms with van der Waals surface area (Å²) in [6, 6.07) is 7.93. The zero-order valence-corrected chi connectivity index (χ0v) is 28.2. The molecule has 2 aromatic rings. The van der Waals surface area contributed by atoms with Crippen molar-refractivity contribution in [1.29, 1.82) is 0 Å². The first-order chi connectivity index (χ1) is 20.1. The lowest BCUT2D eigenvalue weighted by molar-refractivity contribution is -0.290. The van der Waals surface area contributed by atoms with Gasteiger partial charge in [-0.25, -0.2) is 4.79 Å². The van der Waals surface area contributed by atoms with Crippen molar-refractivity contribution in [1.82, 2.24) is 4.98 Å². The second-order valence-electron chi connectivity index (χ2n) is 17.9. The monoisotopic (exact) mass is 587 g/mol. The smallest absolute Gasteiger partial charge is 0.344 e. The van der Waals surface area contributed by atoms with Gasteiger partial charge in [-0.05, 0) is 134 Å². The van der Waals surface area contributed by atoms with Crippen molar-refractivity contribution < 1.29 is 14.6 Å². The number of aromatic amines is 1. The molecule has 4 heteroatoms. The van der Waals surface area contributed by atoms with E-state index < -0.39 is 17.0 Å². The Morgan fingerprint density at radius 2 is 1.58 bits per heavy atom. The van der Waals surface area contributed by atoms with E-state index in [0.717, 1.165) is 47.9 Å². The summed E-state index contributed by atoms with van der Waals surface area (Å²) >= 11 is 0. The second kappa shape index (κ2) is 9.36. The summed E-state index contributed by atoms with van der Waals surface area (Å²) in [4.78, 5) is 17.7. The summed E-state index contributed by atoms with van der Waals surface area (Å²) < 4.78 is 6.23. The van der Waals surface area contributed by atoms with Crippen LogP contribution in [0.5, 0.6) is 5.75 Å². The number of esters is 1. The highest BCUT2D eigenvalue weighted by molar-refractivity contribution is 5.91. The molecule has 0 aliphatic heterocycles. The topological polar surface area (TPSA) is 62.3 Å². The lowest BCUT2D eigenvalue weighted by atomic mass is 9.30. The minimum Gasteiger partial charge on any atom is -0.422 e. The molecule has 2 N–H and O–H groups in total. The summed E-state index contributed by atoms with van der Waals surface area (Å²) in [5.74, 6) is 3.67. The van der Waals surface area contributed by atoms with Gasteiger partial charge in [0, 0.05) is 22.5 Å². The van der Waals surface area contributed by atoms with E-state index in [4.69, 9.17) is 4.74 Å². The Kier molecular flexibility index (Phi) is 6.51. The minimum atomic E-state index is -1.52. The van der Waals surface area contributed by atoms with Crippen LogP contribution in [0, 0.1) is 62.6 Å². The molecule has 5 saturated carbocycles. The molecule has 5 aliphatic rings. The number of aliphatic hydroxyl groups is 1. The van der Waals surface area contributed by atoms with Crippen LogP contribution in [-0.4, -0.2) is 21.7 Å². The SMILES string of the molecule is C[C@@H]1[C@H]2[C@H]3CC[C@@H]4[C@]5(C)[C@@H](CC[C@@]4(C)[C@]3(C)CC[C@@]2(C)CC[C@H]1C)C(C)(C)CCC5(O)C(=O)Oc1c[nH]c2ccccc12. The van der Waals surface area contributed by atoms with Crippen molar-refractivity contribution in [2.75, 3.05) is 0 Å². The van der Waals surface area contributed by atoms with E-state index >= 15 is 0 Å². The third-order valence-electron chi connectivity index (χ3n) is 16.2. The number of H-pyrrole nitrogens is 1. The van der Waals surface area contributed by atoms with Gasteiger partial charge < -0.3 is 14.8 Å². The molecular formula is C39H57NO3. The number of nitrogens with one attached hydrogen (secondary N) is 1. The molecule has 11 atom stereocenters. The number of rotatable bonds is 2. The zero-order chi connectivity index (χ0) is 30.8. The molecule has 5 fully saturated rings. The molecule has 1 heterocycles. The van der Waals surface area contributed by atoms with Gasteiger partial charge in [0.05, 0.1) is 0 Å². The average Bonchev–Trinajstić information content (AvgIpc) is 3.36. The highest BCUT2D eigenvalue weighted by Crippen LogP contribution is 2.78. The molecule has 5 aliphatic carbocycles. The molecule has 0 saturated heterocycles. The van der Waals surface area contributed by atoms with Crippen molar-refractivity contribution in [3.8, 4) is 5.75 Å². The van der Waals surface area contributed by atoms with Crippen LogP contribution in [0.2, 0.25) is 0 Å². The second-order valence-corrected chi connectivity index (χ2v) is 17.9. The first kappa shape index (κ1) is 29.9. The van der Waals surface area contributed by atoms with Gasteiger partial charge in [0.15, 0.2) is 11.4 Å². The molecular weight excluding hydrogens is 530 g/mol. The van der Waals surface area contributed by atoms with E-state index in [-0.39, 0.29) is 28.1 Å². The number of benzene rings is 1. The molecule has 4 nitrogen and oxygen atoms in total. The molecule has 1 unspecified atom stereocenters. The van der Waals surface area contributed by atoms with E-state index in [1.54, 1.807) is 6.20 Å². The Hall–Kier alpha value is -1.81. The number of aromatic nitrogens is 1. The van der Waals surface area contributed by atoms with Crippen molar-refractivity contribution >= 4 is 16.9 Å². The van der Waals surface area contributed by atoms with E-state index in [1.165, 1.54) is 38.5 Å². The standard InChI is InChI=1S/C39H57NO3/c1-24-15-17-35(5)20-21-36(6)27(32(35)25(24)2)13-14-31-37(36,7)18-16-30-34(3,4)19-22-39(42,38(30,31)8)33(41)43-29-23-40-28-12-10-9-11-26(28)29/h9-12,23-25,27,30-32,40,42H,13-22H2,1-8H3/t24-,25+,27-,30+,31+,32+,35-,36-,37-,38+,39?/m1/s1. The van der Waals surface area contributed by atoms with Crippen molar-refractivity contribution in [2.45, 2.75) is 125 Å². The van der Waals surface area contributed by atoms with E-state index in [1.807, 2.05) is 24.3 Å². The quantitative estimate of drug-likeness (QED) is 0.344. The van der Waals surface area contributed by atoms with Crippen LogP contribution < -0.4 is 4.74 Å². The molecule has 0 radical (unpaired) electrons. The predicted octanol–water partition coefficient (Wildman–Crippen LogP) is 9.56. The summed E-state index contributed by atoms with van der Waals surface area (Å²) in [5.41, 5.74) is -0.314. The van der Waals surface area contributed by atoms with Gasteiger partial charge in [-0.1, -0.05) is 67.5 Å². The van der Waals surface area contributed by atoms with Crippen LogP contribution in [0.3, 0.4) is 0 Å². The van der Waals surface area contributed by atoms with Crippen molar-refractivity contribution in [3.63, 3.8) is 0 Å². The Balaban J connectivity index is 1.29. The first-order valence-corrected chi connectivity index (χ1v) is 17.6. The van der Waals surface area contributed by atoms with Crippen LogP contribution in [0.4, 0.5) is 0 Å². The highest BCUT2D eigenvalue weighted by Gasteiger charge is 2.75. The molecule has 0 amide bonds. The molecule has 7 rings (SSSR count). The molecule has 43 heavy (non-hydrogen) atoms. The van der Waals surface area contributed by atoms with E-state index in [9.17, 15) is 9.90 Å². The van der Waals surface area contributed by atoms with Gasteiger partial charge in [0.25, 0.3) is 0 Å². The number of fused-ring (bicyclic) bond motifs is 8. The third kappa shape index (κ3) is 3.74.